The molecular formula is C18H17NO. The van der Waals surface area contributed by atoms with Crippen LogP contribution in [0.25, 0.3) is 0 Å². The summed E-state index contributed by atoms with van der Waals surface area (Å²) in [7, 11) is 0. The van der Waals surface area contributed by atoms with E-state index in [9.17, 15) is 5.11 Å². The van der Waals surface area contributed by atoms with Crippen molar-refractivity contribution in [1.29, 1.82) is 0 Å². The van der Waals surface area contributed by atoms with E-state index in [1.165, 1.54) is 5.57 Å². The highest BCUT2D eigenvalue weighted by atomic mass is 16.3. The molecule has 100 valence electrons. The minimum Gasteiger partial charge on any atom is -0.508 e. The Bertz CT molecular complexity index is 626. The van der Waals surface area contributed by atoms with Gasteiger partial charge in [0.25, 0.3) is 0 Å². The molecule has 1 heterocycles. The minimum absolute atomic E-state index is 0.133. The van der Waals surface area contributed by atoms with Crippen molar-refractivity contribution in [2.45, 2.75) is 18.8 Å². The summed E-state index contributed by atoms with van der Waals surface area (Å²) in [5.74, 6) is 0.426. The fourth-order valence-corrected chi connectivity index (χ4v) is 2.60. The Morgan fingerprint density at radius 2 is 1.85 bits per heavy atom. The first kappa shape index (κ1) is 12.7. The minimum atomic E-state index is 0.133. The van der Waals surface area contributed by atoms with Gasteiger partial charge in [-0.15, -0.1) is 0 Å². The van der Waals surface area contributed by atoms with Gasteiger partial charge in [-0.25, -0.2) is 0 Å². The lowest BCUT2D eigenvalue weighted by molar-refractivity contribution is 0.475. The molecule has 0 saturated heterocycles. The maximum Gasteiger partial charge on any atom is 0.115 e. The lowest BCUT2D eigenvalue weighted by Crippen LogP contribution is -2.06. The quantitative estimate of drug-likeness (QED) is 0.900. The Hall–Kier alpha value is -2.35. The Morgan fingerprint density at radius 1 is 1.00 bits per heavy atom. The predicted molar refractivity (Wildman–Crippen MR) is 80.6 cm³/mol. The maximum atomic E-state index is 9.48. The first-order valence-electron chi connectivity index (χ1n) is 6.91. The van der Waals surface area contributed by atoms with Gasteiger partial charge in [0.2, 0.25) is 0 Å². The summed E-state index contributed by atoms with van der Waals surface area (Å²) in [5, 5.41) is 9.48. The van der Waals surface area contributed by atoms with Crippen molar-refractivity contribution in [3.05, 3.63) is 83.7 Å². The van der Waals surface area contributed by atoms with Crippen molar-refractivity contribution in [2.75, 3.05) is 0 Å². The van der Waals surface area contributed by atoms with Gasteiger partial charge < -0.3 is 5.11 Å². The second kappa shape index (κ2) is 5.74. The average molecular weight is 263 g/mol. The number of allylic oxidation sites excluding steroid dienone is 4. The Balaban J connectivity index is 2.06. The van der Waals surface area contributed by atoms with E-state index in [4.69, 9.17) is 0 Å². The molecule has 1 N–H and O–H groups in total. The third-order valence-corrected chi connectivity index (χ3v) is 3.57. The molecule has 0 fully saturated rings. The molecule has 1 aromatic carbocycles. The molecule has 2 aromatic rings. The number of aromatic hydroxyl groups is 1. The van der Waals surface area contributed by atoms with E-state index in [1.54, 1.807) is 12.1 Å². The third-order valence-electron chi connectivity index (χ3n) is 3.57. The maximum absolute atomic E-state index is 9.48. The lowest BCUT2D eigenvalue weighted by atomic mass is 9.85. The fraction of sp³-hybridized carbons (Fsp3) is 0.167. The molecule has 2 nitrogen and oxygen atoms in total. The van der Waals surface area contributed by atoms with E-state index >= 15 is 0 Å². The summed E-state index contributed by atoms with van der Waals surface area (Å²) in [4.78, 5) is 4.52. The molecule has 1 atom stereocenters. The van der Waals surface area contributed by atoms with Crippen molar-refractivity contribution in [1.82, 2.24) is 4.98 Å². The largest absolute Gasteiger partial charge is 0.508 e. The smallest absolute Gasteiger partial charge is 0.115 e. The van der Waals surface area contributed by atoms with Crippen molar-refractivity contribution < 1.29 is 5.11 Å². The van der Waals surface area contributed by atoms with Gasteiger partial charge in [0.15, 0.2) is 0 Å². The topological polar surface area (TPSA) is 33.1 Å². The van der Waals surface area contributed by atoms with Crippen LogP contribution in [0.4, 0.5) is 0 Å². The molecule has 0 saturated carbocycles. The van der Waals surface area contributed by atoms with Crippen LogP contribution in [0, 0.1) is 0 Å². The standard InChI is InChI=1S/C18H17NO/c20-16-11-9-15(10-12-16)18(14-6-2-1-3-7-14)17-8-4-5-13-19-17/h2,4-13,18,20H,1,3H2. The van der Waals surface area contributed by atoms with E-state index < -0.39 is 0 Å². The van der Waals surface area contributed by atoms with Crippen LogP contribution in [0.1, 0.15) is 30.0 Å². The number of benzene rings is 1. The molecule has 0 bridgehead atoms. The molecule has 20 heavy (non-hydrogen) atoms. The van der Waals surface area contributed by atoms with Crippen LogP contribution in [0.5, 0.6) is 5.75 Å². The predicted octanol–water partition coefficient (Wildman–Crippen LogP) is 4.20. The van der Waals surface area contributed by atoms with Crippen LogP contribution in [-0.2, 0) is 0 Å². The van der Waals surface area contributed by atoms with Gasteiger partial charge in [-0.1, -0.05) is 36.4 Å². The number of hydrogen-bond acceptors (Lipinski definition) is 2. The fourth-order valence-electron chi connectivity index (χ4n) is 2.60. The summed E-state index contributed by atoms with van der Waals surface area (Å²) >= 11 is 0. The molecule has 1 aliphatic carbocycles. The van der Waals surface area contributed by atoms with Gasteiger partial charge in [0.1, 0.15) is 5.75 Å². The Labute approximate surface area is 119 Å². The number of pyridine rings is 1. The zero-order chi connectivity index (χ0) is 13.8. The zero-order valence-electron chi connectivity index (χ0n) is 11.2. The van der Waals surface area contributed by atoms with Crippen molar-refractivity contribution in [3.8, 4) is 5.75 Å². The first-order chi connectivity index (χ1) is 9.84. The van der Waals surface area contributed by atoms with Crippen molar-refractivity contribution in [3.63, 3.8) is 0 Å². The highest BCUT2D eigenvalue weighted by molar-refractivity contribution is 5.44. The average Bonchev–Trinajstić information content (AvgIpc) is 2.52. The molecule has 0 amide bonds. The van der Waals surface area contributed by atoms with E-state index in [-0.39, 0.29) is 5.92 Å². The van der Waals surface area contributed by atoms with E-state index in [0.29, 0.717) is 5.75 Å². The molecule has 2 heteroatoms. The second-order valence-electron chi connectivity index (χ2n) is 4.96. The third kappa shape index (κ3) is 2.64. The van der Waals surface area contributed by atoms with Gasteiger partial charge in [-0.3, -0.25) is 4.98 Å². The SMILES string of the molecule is Oc1ccc(C(C2=CCCC=C2)c2ccccn2)cc1. The monoisotopic (exact) mass is 263 g/mol. The number of nitrogens with zero attached hydrogens (tertiary/aromatic N) is 1. The normalized spacial score (nSPS) is 15.7. The van der Waals surface area contributed by atoms with Gasteiger partial charge in [-0.05, 0) is 48.2 Å². The first-order valence-corrected chi connectivity index (χ1v) is 6.91. The zero-order valence-corrected chi connectivity index (χ0v) is 11.2. The van der Waals surface area contributed by atoms with Crippen LogP contribution in [-0.4, -0.2) is 10.1 Å². The highest BCUT2D eigenvalue weighted by Crippen LogP contribution is 2.33. The summed E-state index contributed by atoms with van der Waals surface area (Å²) < 4.78 is 0. The van der Waals surface area contributed by atoms with E-state index in [0.717, 1.165) is 24.1 Å². The van der Waals surface area contributed by atoms with E-state index in [2.05, 4.69) is 29.3 Å². The molecule has 3 rings (SSSR count). The summed E-state index contributed by atoms with van der Waals surface area (Å²) in [6, 6.07) is 13.4. The van der Waals surface area contributed by atoms with Gasteiger partial charge in [0, 0.05) is 6.20 Å². The molecule has 0 spiro atoms. The summed E-state index contributed by atoms with van der Waals surface area (Å²) in [6.07, 6.45) is 10.7. The summed E-state index contributed by atoms with van der Waals surface area (Å²) in [5.41, 5.74) is 3.47. The molecular weight excluding hydrogens is 246 g/mol. The van der Waals surface area contributed by atoms with Crippen molar-refractivity contribution >= 4 is 0 Å². The van der Waals surface area contributed by atoms with Gasteiger partial charge in [0.05, 0.1) is 11.6 Å². The molecule has 1 aromatic heterocycles. The van der Waals surface area contributed by atoms with Crippen LogP contribution in [0.2, 0.25) is 0 Å². The number of phenolic OH excluding ortho intramolecular Hbond substituents is 1. The molecule has 0 aliphatic heterocycles. The van der Waals surface area contributed by atoms with Crippen LogP contribution in [0.15, 0.2) is 72.5 Å². The lowest BCUT2D eigenvalue weighted by Gasteiger charge is -2.20. The number of aromatic nitrogens is 1. The van der Waals surface area contributed by atoms with Crippen LogP contribution >= 0.6 is 0 Å². The van der Waals surface area contributed by atoms with Crippen LogP contribution in [0.3, 0.4) is 0 Å². The molecule has 1 aliphatic rings. The highest BCUT2D eigenvalue weighted by Gasteiger charge is 2.19. The molecule has 0 radical (unpaired) electrons. The van der Waals surface area contributed by atoms with Crippen molar-refractivity contribution in [2.24, 2.45) is 0 Å². The number of rotatable bonds is 3. The molecule has 1 unspecified atom stereocenters. The van der Waals surface area contributed by atoms with Crippen LogP contribution < -0.4 is 0 Å². The second-order valence-corrected chi connectivity index (χ2v) is 4.96. The number of phenols is 1. The van der Waals surface area contributed by atoms with Gasteiger partial charge >= 0.3 is 0 Å². The Kier molecular flexibility index (Phi) is 3.64. The van der Waals surface area contributed by atoms with E-state index in [1.807, 2.05) is 30.5 Å². The Morgan fingerprint density at radius 3 is 2.50 bits per heavy atom. The number of hydrogen-bond donors (Lipinski definition) is 1. The summed E-state index contributed by atoms with van der Waals surface area (Å²) in [6.45, 7) is 0. The van der Waals surface area contributed by atoms with Gasteiger partial charge in [-0.2, -0.15) is 0 Å².